The van der Waals surface area contributed by atoms with Crippen LogP contribution in [0.25, 0.3) is 0 Å². The van der Waals surface area contributed by atoms with Gasteiger partial charge in [0, 0.05) is 23.8 Å². The lowest BCUT2D eigenvalue weighted by Crippen LogP contribution is -2.28. The SMILES string of the molecule is COc1ccc(CNC(=O)Nc2ccc(Cl)cc2Cl)cn1. The predicted octanol–water partition coefficient (Wildman–Crippen LogP) is 3.72. The lowest BCUT2D eigenvalue weighted by atomic mass is 10.3. The summed E-state index contributed by atoms with van der Waals surface area (Å²) in [6.45, 7) is 0.341. The largest absolute Gasteiger partial charge is 0.481 e. The van der Waals surface area contributed by atoms with Gasteiger partial charge in [0.05, 0.1) is 17.8 Å². The highest BCUT2D eigenvalue weighted by molar-refractivity contribution is 6.36. The number of halogens is 2. The molecule has 2 aromatic rings. The number of carbonyl (C=O) groups is 1. The molecule has 21 heavy (non-hydrogen) atoms. The number of ether oxygens (including phenoxy) is 1. The molecule has 0 saturated carbocycles. The van der Waals surface area contributed by atoms with Crippen molar-refractivity contribution in [1.29, 1.82) is 0 Å². The zero-order chi connectivity index (χ0) is 15.2. The summed E-state index contributed by atoms with van der Waals surface area (Å²) in [5.41, 5.74) is 1.35. The number of nitrogens with one attached hydrogen (secondary N) is 2. The van der Waals surface area contributed by atoms with E-state index in [1.165, 1.54) is 0 Å². The fourth-order valence-corrected chi connectivity index (χ4v) is 2.03. The molecule has 0 fully saturated rings. The summed E-state index contributed by atoms with van der Waals surface area (Å²) in [6.07, 6.45) is 1.63. The zero-order valence-corrected chi connectivity index (χ0v) is 12.7. The molecule has 0 aliphatic heterocycles. The Morgan fingerprint density at radius 1 is 1.29 bits per heavy atom. The van der Waals surface area contributed by atoms with Crippen molar-refractivity contribution in [1.82, 2.24) is 10.3 Å². The van der Waals surface area contributed by atoms with Gasteiger partial charge in [-0.3, -0.25) is 0 Å². The molecule has 2 rings (SSSR count). The first-order valence-electron chi connectivity index (χ1n) is 6.07. The summed E-state index contributed by atoms with van der Waals surface area (Å²) in [5.74, 6) is 0.524. The van der Waals surface area contributed by atoms with Crippen LogP contribution in [0.4, 0.5) is 10.5 Å². The molecule has 1 aromatic heterocycles. The zero-order valence-electron chi connectivity index (χ0n) is 11.2. The van der Waals surface area contributed by atoms with Gasteiger partial charge in [-0.15, -0.1) is 0 Å². The van der Waals surface area contributed by atoms with Crippen molar-refractivity contribution < 1.29 is 9.53 Å². The van der Waals surface area contributed by atoms with Gasteiger partial charge in [-0.25, -0.2) is 9.78 Å². The number of aromatic nitrogens is 1. The summed E-state index contributed by atoms with van der Waals surface area (Å²) in [6, 6.07) is 8.03. The van der Waals surface area contributed by atoms with E-state index < -0.39 is 0 Å². The number of benzene rings is 1. The molecule has 2 N–H and O–H groups in total. The average Bonchev–Trinajstić information content (AvgIpc) is 2.48. The number of methoxy groups -OCH3 is 1. The number of anilines is 1. The van der Waals surface area contributed by atoms with E-state index in [1.807, 2.05) is 6.07 Å². The topological polar surface area (TPSA) is 63.2 Å². The number of urea groups is 1. The standard InChI is InChI=1S/C14H13Cl2N3O2/c1-21-13-5-2-9(7-17-13)8-18-14(20)19-12-4-3-10(15)6-11(12)16/h2-7H,8H2,1H3,(H2,18,19,20). The van der Waals surface area contributed by atoms with Crippen LogP contribution in [0.15, 0.2) is 36.5 Å². The third-order valence-electron chi connectivity index (χ3n) is 2.64. The number of hydrogen-bond acceptors (Lipinski definition) is 3. The Hall–Kier alpha value is -1.98. The molecule has 5 nitrogen and oxygen atoms in total. The monoisotopic (exact) mass is 325 g/mol. The second-order valence-electron chi connectivity index (χ2n) is 4.14. The van der Waals surface area contributed by atoms with Crippen molar-refractivity contribution in [3.05, 3.63) is 52.1 Å². The maximum Gasteiger partial charge on any atom is 0.319 e. The molecule has 7 heteroatoms. The predicted molar refractivity (Wildman–Crippen MR) is 83.1 cm³/mol. The third kappa shape index (κ3) is 4.51. The fraction of sp³-hybridized carbons (Fsp3) is 0.143. The maximum absolute atomic E-state index is 11.8. The smallest absolute Gasteiger partial charge is 0.319 e. The first-order valence-corrected chi connectivity index (χ1v) is 6.83. The number of hydrogen-bond donors (Lipinski definition) is 2. The Balaban J connectivity index is 1.89. The van der Waals surface area contributed by atoms with Gasteiger partial charge in [-0.2, -0.15) is 0 Å². The Labute approximate surface area is 132 Å². The highest BCUT2D eigenvalue weighted by atomic mass is 35.5. The highest BCUT2D eigenvalue weighted by Crippen LogP contribution is 2.25. The summed E-state index contributed by atoms with van der Waals surface area (Å²) in [7, 11) is 1.55. The second-order valence-corrected chi connectivity index (χ2v) is 4.98. The first-order chi connectivity index (χ1) is 10.1. The van der Waals surface area contributed by atoms with Gasteiger partial charge in [0.15, 0.2) is 0 Å². The maximum atomic E-state index is 11.8. The quantitative estimate of drug-likeness (QED) is 0.900. The van der Waals surface area contributed by atoms with Gasteiger partial charge in [-0.05, 0) is 23.8 Å². The van der Waals surface area contributed by atoms with Crippen LogP contribution in [0.2, 0.25) is 10.0 Å². The van der Waals surface area contributed by atoms with Crippen molar-refractivity contribution in [3.8, 4) is 5.88 Å². The molecule has 0 spiro atoms. The minimum atomic E-state index is -0.366. The van der Waals surface area contributed by atoms with E-state index in [2.05, 4.69) is 15.6 Å². The fourth-order valence-electron chi connectivity index (χ4n) is 1.58. The molecular formula is C14H13Cl2N3O2. The van der Waals surface area contributed by atoms with Crippen molar-refractivity contribution in [3.63, 3.8) is 0 Å². The van der Waals surface area contributed by atoms with Crippen LogP contribution in [0.1, 0.15) is 5.56 Å². The minimum Gasteiger partial charge on any atom is -0.481 e. The van der Waals surface area contributed by atoms with Gasteiger partial charge < -0.3 is 15.4 Å². The van der Waals surface area contributed by atoms with Gasteiger partial charge in [0.1, 0.15) is 0 Å². The number of nitrogens with zero attached hydrogens (tertiary/aromatic N) is 1. The number of rotatable bonds is 4. The molecule has 0 aliphatic rings. The van der Waals surface area contributed by atoms with Gasteiger partial charge in [0.25, 0.3) is 0 Å². The summed E-state index contributed by atoms with van der Waals surface area (Å²) >= 11 is 11.8. The highest BCUT2D eigenvalue weighted by Gasteiger charge is 2.06. The Morgan fingerprint density at radius 3 is 2.71 bits per heavy atom. The normalized spacial score (nSPS) is 10.0. The van der Waals surface area contributed by atoms with E-state index in [4.69, 9.17) is 27.9 Å². The molecule has 0 aliphatic carbocycles. The lowest BCUT2D eigenvalue weighted by Gasteiger charge is -2.09. The molecule has 1 heterocycles. The van der Waals surface area contributed by atoms with E-state index in [0.29, 0.717) is 28.2 Å². The van der Waals surface area contributed by atoms with Crippen LogP contribution in [-0.2, 0) is 6.54 Å². The molecule has 1 aromatic carbocycles. The molecule has 110 valence electrons. The van der Waals surface area contributed by atoms with Gasteiger partial charge >= 0.3 is 6.03 Å². The Bertz CT molecular complexity index is 633. The number of carbonyl (C=O) groups excluding carboxylic acids is 1. The summed E-state index contributed by atoms with van der Waals surface area (Å²) in [4.78, 5) is 15.8. The Kier molecular flexibility index (Phi) is 5.25. The molecule has 2 amide bonds. The van der Waals surface area contributed by atoms with E-state index >= 15 is 0 Å². The van der Waals surface area contributed by atoms with Crippen LogP contribution in [-0.4, -0.2) is 18.1 Å². The van der Waals surface area contributed by atoms with E-state index in [0.717, 1.165) is 5.56 Å². The Morgan fingerprint density at radius 2 is 2.10 bits per heavy atom. The van der Waals surface area contributed by atoms with Crippen LogP contribution in [0, 0.1) is 0 Å². The molecule has 0 saturated heterocycles. The van der Waals surface area contributed by atoms with Crippen molar-refractivity contribution >= 4 is 34.9 Å². The van der Waals surface area contributed by atoms with Crippen LogP contribution < -0.4 is 15.4 Å². The first kappa shape index (κ1) is 15.4. The second kappa shape index (κ2) is 7.15. The molecule has 0 radical (unpaired) electrons. The van der Waals surface area contributed by atoms with E-state index in [-0.39, 0.29) is 6.03 Å². The van der Waals surface area contributed by atoms with E-state index in [9.17, 15) is 4.79 Å². The van der Waals surface area contributed by atoms with Crippen LogP contribution in [0.5, 0.6) is 5.88 Å². The van der Waals surface area contributed by atoms with Crippen molar-refractivity contribution in [2.75, 3.05) is 12.4 Å². The molecule has 0 bridgehead atoms. The van der Waals surface area contributed by atoms with Crippen LogP contribution >= 0.6 is 23.2 Å². The minimum absolute atomic E-state index is 0.341. The van der Waals surface area contributed by atoms with Crippen molar-refractivity contribution in [2.45, 2.75) is 6.54 Å². The van der Waals surface area contributed by atoms with Crippen LogP contribution in [0.3, 0.4) is 0 Å². The van der Waals surface area contributed by atoms with E-state index in [1.54, 1.807) is 37.6 Å². The summed E-state index contributed by atoms with van der Waals surface area (Å²) < 4.78 is 4.96. The number of pyridine rings is 1. The van der Waals surface area contributed by atoms with Gasteiger partial charge in [-0.1, -0.05) is 29.3 Å². The third-order valence-corrected chi connectivity index (χ3v) is 3.19. The summed E-state index contributed by atoms with van der Waals surface area (Å²) in [5, 5.41) is 6.24. The lowest BCUT2D eigenvalue weighted by molar-refractivity contribution is 0.251. The molecule has 0 unspecified atom stereocenters. The number of amides is 2. The van der Waals surface area contributed by atoms with Gasteiger partial charge in [0.2, 0.25) is 5.88 Å². The molecular weight excluding hydrogens is 313 g/mol. The average molecular weight is 326 g/mol. The van der Waals surface area contributed by atoms with Crippen molar-refractivity contribution in [2.24, 2.45) is 0 Å². The molecule has 0 atom stereocenters.